The van der Waals surface area contributed by atoms with Gasteiger partial charge in [-0.25, -0.2) is 4.68 Å². The van der Waals surface area contributed by atoms with Gasteiger partial charge in [-0.2, -0.15) is 10.1 Å². The summed E-state index contributed by atoms with van der Waals surface area (Å²) in [5.41, 5.74) is 4.50. The summed E-state index contributed by atoms with van der Waals surface area (Å²) in [7, 11) is 3.21. The number of methoxy groups -OCH3 is 2. The van der Waals surface area contributed by atoms with Gasteiger partial charge in [0.05, 0.1) is 14.2 Å². The van der Waals surface area contributed by atoms with Crippen molar-refractivity contribution in [1.82, 2.24) is 14.8 Å². The number of anilines is 1. The molecule has 0 aliphatic carbocycles. The van der Waals surface area contributed by atoms with Crippen molar-refractivity contribution < 1.29 is 9.47 Å². The monoisotopic (exact) mass is 454 g/mol. The predicted octanol–water partition coefficient (Wildman–Crippen LogP) is 5.09. The first kappa shape index (κ1) is 21.7. The lowest BCUT2D eigenvalue weighted by atomic mass is 10.0. The van der Waals surface area contributed by atoms with Crippen molar-refractivity contribution in [2.24, 2.45) is 0 Å². The molecule has 5 rings (SSSR count). The smallest absolute Gasteiger partial charge is 0.300 e. The van der Waals surface area contributed by atoms with Crippen LogP contribution in [-0.4, -0.2) is 29.0 Å². The molecule has 0 saturated heterocycles. The molecule has 0 amide bonds. The van der Waals surface area contributed by atoms with E-state index in [4.69, 9.17) is 14.6 Å². The molecule has 0 bridgehead atoms. The summed E-state index contributed by atoms with van der Waals surface area (Å²) >= 11 is 0. The van der Waals surface area contributed by atoms with E-state index < -0.39 is 6.17 Å². The lowest BCUT2D eigenvalue weighted by molar-refractivity contribution is 0.354. The van der Waals surface area contributed by atoms with Crippen LogP contribution >= 0.6 is 0 Å². The Balaban J connectivity index is 1.69. The summed E-state index contributed by atoms with van der Waals surface area (Å²) in [5.74, 6) is 2.17. The highest BCUT2D eigenvalue weighted by molar-refractivity contribution is 5.76. The molecule has 34 heavy (non-hydrogen) atoms. The summed E-state index contributed by atoms with van der Waals surface area (Å²) in [5, 5.41) is 8.36. The van der Waals surface area contributed by atoms with Gasteiger partial charge in [-0.05, 0) is 35.7 Å². The molecule has 0 fully saturated rings. The van der Waals surface area contributed by atoms with Crippen LogP contribution in [0.4, 0.5) is 5.69 Å². The van der Waals surface area contributed by atoms with Gasteiger partial charge in [0, 0.05) is 22.4 Å². The SMILES string of the molecule is COc1ccc(C2Nc3ccccc3-c3nc(=O)c(-c4ccc(C(C)C)cc4)nn32)cc1OC. The molecule has 1 aliphatic heterocycles. The van der Waals surface area contributed by atoms with Crippen LogP contribution in [0.5, 0.6) is 11.5 Å². The number of fused-ring (bicyclic) bond motifs is 3. The Bertz CT molecular complexity index is 1410. The Labute approximate surface area is 198 Å². The molecule has 4 aromatic rings. The number of ether oxygens (including phenoxy) is 2. The molecule has 1 aliphatic rings. The van der Waals surface area contributed by atoms with Gasteiger partial charge < -0.3 is 14.8 Å². The maximum Gasteiger partial charge on any atom is 0.300 e. The van der Waals surface area contributed by atoms with E-state index in [0.29, 0.717) is 28.9 Å². The molecule has 1 N–H and O–H groups in total. The minimum atomic E-state index is -0.397. The van der Waals surface area contributed by atoms with Crippen LogP contribution in [-0.2, 0) is 0 Å². The highest BCUT2D eigenvalue weighted by atomic mass is 16.5. The van der Waals surface area contributed by atoms with Gasteiger partial charge in [0.1, 0.15) is 6.17 Å². The molecule has 0 radical (unpaired) electrons. The number of hydrogen-bond donors (Lipinski definition) is 1. The highest BCUT2D eigenvalue weighted by Crippen LogP contribution is 2.38. The number of benzene rings is 3. The average molecular weight is 455 g/mol. The van der Waals surface area contributed by atoms with Crippen molar-refractivity contribution in [3.8, 4) is 34.1 Å². The average Bonchev–Trinajstić information content (AvgIpc) is 2.87. The number of rotatable bonds is 5. The summed E-state index contributed by atoms with van der Waals surface area (Å²) in [6.45, 7) is 4.28. The summed E-state index contributed by atoms with van der Waals surface area (Å²) in [4.78, 5) is 17.6. The first-order chi connectivity index (χ1) is 16.5. The normalized spacial score (nSPS) is 14.2. The van der Waals surface area contributed by atoms with Gasteiger partial charge in [-0.3, -0.25) is 4.79 Å². The molecule has 1 atom stereocenters. The zero-order valence-corrected chi connectivity index (χ0v) is 19.6. The summed E-state index contributed by atoms with van der Waals surface area (Å²) in [6.07, 6.45) is -0.397. The fourth-order valence-electron chi connectivity index (χ4n) is 4.23. The second-order valence-corrected chi connectivity index (χ2v) is 8.52. The minimum Gasteiger partial charge on any atom is -0.493 e. The van der Waals surface area contributed by atoms with Gasteiger partial charge in [0.15, 0.2) is 23.0 Å². The molecule has 172 valence electrons. The van der Waals surface area contributed by atoms with Crippen LogP contribution in [0.15, 0.2) is 71.5 Å². The Kier molecular flexibility index (Phi) is 5.53. The maximum absolute atomic E-state index is 13.1. The molecule has 1 aromatic heterocycles. The second-order valence-electron chi connectivity index (χ2n) is 8.52. The third-order valence-corrected chi connectivity index (χ3v) is 6.11. The van der Waals surface area contributed by atoms with Gasteiger partial charge in [-0.15, -0.1) is 0 Å². The topological polar surface area (TPSA) is 78.3 Å². The highest BCUT2D eigenvalue weighted by Gasteiger charge is 2.28. The zero-order valence-electron chi connectivity index (χ0n) is 19.6. The van der Waals surface area contributed by atoms with E-state index >= 15 is 0 Å². The molecule has 1 unspecified atom stereocenters. The number of nitrogens with zero attached hydrogens (tertiary/aromatic N) is 3. The van der Waals surface area contributed by atoms with Crippen molar-refractivity contribution >= 4 is 5.69 Å². The van der Waals surface area contributed by atoms with Crippen LogP contribution in [0.1, 0.15) is 37.1 Å². The van der Waals surface area contributed by atoms with E-state index in [9.17, 15) is 4.79 Å². The third-order valence-electron chi connectivity index (χ3n) is 6.11. The van der Waals surface area contributed by atoms with E-state index in [1.54, 1.807) is 18.9 Å². The molecular weight excluding hydrogens is 428 g/mol. The Morgan fingerprint density at radius 3 is 2.38 bits per heavy atom. The van der Waals surface area contributed by atoms with Gasteiger partial charge in [0.25, 0.3) is 5.56 Å². The predicted molar refractivity (Wildman–Crippen MR) is 133 cm³/mol. The lowest BCUT2D eigenvalue weighted by Gasteiger charge is -2.31. The van der Waals surface area contributed by atoms with Crippen LogP contribution in [0.2, 0.25) is 0 Å². The van der Waals surface area contributed by atoms with Crippen LogP contribution in [0.3, 0.4) is 0 Å². The quantitative estimate of drug-likeness (QED) is 0.453. The number of nitrogens with one attached hydrogen (secondary N) is 1. The minimum absolute atomic E-state index is 0.311. The maximum atomic E-state index is 13.1. The molecule has 7 heteroatoms. The number of hydrogen-bond acceptors (Lipinski definition) is 6. The number of para-hydroxylation sites is 1. The fourth-order valence-corrected chi connectivity index (χ4v) is 4.23. The number of aromatic nitrogens is 3. The summed E-state index contributed by atoms with van der Waals surface area (Å²) < 4.78 is 12.7. The molecule has 0 saturated carbocycles. The second kappa shape index (κ2) is 8.67. The van der Waals surface area contributed by atoms with E-state index in [-0.39, 0.29) is 5.56 Å². The molecule has 7 nitrogen and oxygen atoms in total. The fraction of sp³-hybridized carbons (Fsp3) is 0.222. The van der Waals surface area contributed by atoms with E-state index in [0.717, 1.165) is 22.4 Å². The third kappa shape index (κ3) is 3.69. The van der Waals surface area contributed by atoms with Gasteiger partial charge >= 0.3 is 0 Å². The molecule has 0 spiro atoms. The van der Waals surface area contributed by atoms with E-state index in [1.807, 2.05) is 66.7 Å². The van der Waals surface area contributed by atoms with Crippen molar-refractivity contribution in [3.05, 3.63) is 88.2 Å². The van der Waals surface area contributed by atoms with Crippen molar-refractivity contribution in [3.63, 3.8) is 0 Å². The zero-order chi connectivity index (χ0) is 23.8. The molecule has 2 heterocycles. The largest absolute Gasteiger partial charge is 0.493 e. The van der Waals surface area contributed by atoms with Crippen LogP contribution < -0.4 is 20.3 Å². The first-order valence-corrected chi connectivity index (χ1v) is 11.2. The lowest BCUT2D eigenvalue weighted by Crippen LogP contribution is -2.32. The van der Waals surface area contributed by atoms with Crippen molar-refractivity contribution in [1.29, 1.82) is 0 Å². The van der Waals surface area contributed by atoms with E-state index in [1.165, 1.54) is 5.56 Å². The standard InChI is InChI=1S/C27H26N4O3/c1-16(2)17-9-11-18(12-10-17)24-27(32)29-26-20-7-5-6-8-21(20)28-25(31(26)30-24)19-13-14-22(33-3)23(15-19)34-4/h5-16,25,28H,1-4H3. The molecular formula is C27H26N4O3. The Hall–Kier alpha value is -4.13. The Morgan fingerprint density at radius 2 is 1.68 bits per heavy atom. The van der Waals surface area contributed by atoms with Crippen molar-refractivity contribution in [2.45, 2.75) is 25.9 Å². The molecule has 3 aromatic carbocycles. The Morgan fingerprint density at radius 1 is 0.941 bits per heavy atom. The summed E-state index contributed by atoms with van der Waals surface area (Å²) in [6, 6.07) is 21.4. The van der Waals surface area contributed by atoms with E-state index in [2.05, 4.69) is 24.1 Å². The van der Waals surface area contributed by atoms with Crippen LogP contribution in [0, 0.1) is 0 Å². The van der Waals surface area contributed by atoms with Crippen molar-refractivity contribution in [2.75, 3.05) is 19.5 Å². The van der Waals surface area contributed by atoms with Gasteiger partial charge in [0.2, 0.25) is 0 Å². The van der Waals surface area contributed by atoms with Crippen LogP contribution in [0.25, 0.3) is 22.6 Å². The van der Waals surface area contributed by atoms with Gasteiger partial charge in [-0.1, -0.05) is 56.3 Å². The first-order valence-electron chi connectivity index (χ1n) is 11.2.